The van der Waals surface area contributed by atoms with Crippen LogP contribution in [0, 0.1) is 5.82 Å². The van der Waals surface area contributed by atoms with Crippen LogP contribution in [0.25, 0.3) is 0 Å². The number of halogens is 2. The van der Waals surface area contributed by atoms with Gasteiger partial charge in [0.05, 0.1) is 11.9 Å². The molecule has 1 atom stereocenters. The zero-order chi connectivity index (χ0) is 30.1. The van der Waals surface area contributed by atoms with Crippen molar-refractivity contribution in [3.05, 3.63) is 100 Å². The highest BCUT2D eigenvalue weighted by Crippen LogP contribution is 2.24. The number of rotatable bonds is 13. The van der Waals surface area contributed by atoms with E-state index < -0.39 is 21.9 Å². The average Bonchev–Trinajstić information content (AvgIpc) is 3.47. The summed E-state index contributed by atoms with van der Waals surface area (Å²) >= 11 is 3.45. The Morgan fingerprint density at radius 2 is 1.60 bits per heavy atom. The lowest BCUT2D eigenvalue weighted by molar-refractivity contribution is -0.141. The molecule has 0 aromatic heterocycles. The van der Waals surface area contributed by atoms with Crippen molar-refractivity contribution >= 4 is 43.5 Å². The van der Waals surface area contributed by atoms with E-state index in [1.165, 1.54) is 18.2 Å². The number of hydrogen-bond donors (Lipinski definition) is 1. The van der Waals surface area contributed by atoms with Crippen LogP contribution in [-0.4, -0.2) is 50.0 Å². The molecule has 42 heavy (non-hydrogen) atoms. The Hall–Kier alpha value is -3.24. The number of benzene rings is 3. The molecule has 0 spiro atoms. The Morgan fingerprint density at radius 1 is 0.952 bits per heavy atom. The minimum absolute atomic E-state index is 0.0149. The van der Waals surface area contributed by atoms with Crippen molar-refractivity contribution in [3.8, 4) is 0 Å². The predicted octanol–water partition coefficient (Wildman–Crippen LogP) is 5.83. The largest absolute Gasteiger partial charge is 0.352 e. The zero-order valence-electron chi connectivity index (χ0n) is 23.7. The molecule has 1 unspecified atom stereocenters. The number of nitrogens with zero attached hydrogens (tertiary/aromatic N) is 2. The lowest BCUT2D eigenvalue weighted by Crippen LogP contribution is -2.52. The summed E-state index contributed by atoms with van der Waals surface area (Å²) in [5.41, 5.74) is 1.74. The third-order valence-corrected chi connectivity index (χ3v) is 9.22. The van der Waals surface area contributed by atoms with Gasteiger partial charge in [-0.2, -0.15) is 0 Å². The van der Waals surface area contributed by atoms with Gasteiger partial charge in [-0.1, -0.05) is 83.4 Å². The van der Waals surface area contributed by atoms with Crippen molar-refractivity contribution in [2.75, 3.05) is 17.1 Å². The van der Waals surface area contributed by atoms with Gasteiger partial charge in [-0.25, -0.2) is 12.8 Å². The van der Waals surface area contributed by atoms with Crippen molar-refractivity contribution in [1.82, 2.24) is 10.2 Å². The van der Waals surface area contributed by atoms with E-state index in [9.17, 15) is 22.4 Å². The van der Waals surface area contributed by atoms with E-state index in [1.54, 1.807) is 11.0 Å². The summed E-state index contributed by atoms with van der Waals surface area (Å²) in [5.74, 6) is -1.12. The van der Waals surface area contributed by atoms with E-state index in [-0.39, 0.29) is 49.5 Å². The van der Waals surface area contributed by atoms with Crippen LogP contribution in [-0.2, 0) is 32.6 Å². The molecule has 10 heteroatoms. The predicted molar refractivity (Wildman–Crippen MR) is 167 cm³/mol. The van der Waals surface area contributed by atoms with Crippen LogP contribution < -0.4 is 9.62 Å². The number of amides is 2. The van der Waals surface area contributed by atoms with Gasteiger partial charge in [0.15, 0.2) is 0 Å². The fourth-order valence-electron chi connectivity index (χ4n) is 5.34. The summed E-state index contributed by atoms with van der Waals surface area (Å²) in [5, 5.41) is 3.18. The topological polar surface area (TPSA) is 86.8 Å². The van der Waals surface area contributed by atoms with E-state index in [0.29, 0.717) is 6.42 Å². The summed E-state index contributed by atoms with van der Waals surface area (Å²) in [4.78, 5) is 29.3. The molecule has 0 heterocycles. The van der Waals surface area contributed by atoms with Crippen LogP contribution >= 0.6 is 15.9 Å². The maximum atomic E-state index is 14.5. The van der Waals surface area contributed by atoms with E-state index in [4.69, 9.17) is 0 Å². The van der Waals surface area contributed by atoms with E-state index in [2.05, 4.69) is 21.2 Å². The number of nitrogens with one attached hydrogen (secondary N) is 1. The number of carbonyl (C=O) groups excluding carboxylic acids is 2. The first-order valence-electron chi connectivity index (χ1n) is 14.2. The first-order chi connectivity index (χ1) is 20.1. The SMILES string of the molecule is CS(=O)(=O)N(CCCC(=O)N(Cc1ccc(Br)cc1)C(Cc1ccccc1)C(=O)NC1CCCC1)c1ccccc1F. The van der Waals surface area contributed by atoms with E-state index in [1.807, 2.05) is 54.6 Å². The zero-order valence-corrected chi connectivity index (χ0v) is 26.1. The second-order valence-corrected chi connectivity index (χ2v) is 13.6. The number of sulfonamides is 1. The van der Waals surface area contributed by atoms with Gasteiger partial charge in [0.2, 0.25) is 21.8 Å². The fourth-order valence-corrected chi connectivity index (χ4v) is 6.57. The van der Waals surface area contributed by atoms with Crippen molar-refractivity contribution < 1.29 is 22.4 Å². The Morgan fingerprint density at radius 3 is 2.24 bits per heavy atom. The molecule has 0 saturated heterocycles. The highest BCUT2D eigenvalue weighted by molar-refractivity contribution is 9.10. The highest BCUT2D eigenvalue weighted by atomic mass is 79.9. The molecule has 7 nitrogen and oxygen atoms in total. The van der Waals surface area contributed by atoms with Gasteiger partial charge in [0.25, 0.3) is 0 Å². The molecule has 3 aromatic carbocycles. The highest BCUT2D eigenvalue weighted by Gasteiger charge is 2.32. The van der Waals surface area contributed by atoms with Gasteiger partial charge in [0.1, 0.15) is 11.9 Å². The molecule has 0 aliphatic heterocycles. The van der Waals surface area contributed by atoms with Crippen molar-refractivity contribution in [2.24, 2.45) is 0 Å². The molecular weight excluding hydrogens is 621 g/mol. The molecule has 1 fully saturated rings. The number of hydrogen-bond acceptors (Lipinski definition) is 4. The summed E-state index contributed by atoms with van der Waals surface area (Å²) < 4.78 is 41.5. The fraction of sp³-hybridized carbons (Fsp3) is 0.375. The molecule has 1 saturated carbocycles. The minimum Gasteiger partial charge on any atom is -0.352 e. The summed E-state index contributed by atoms with van der Waals surface area (Å²) in [6.07, 6.45) is 5.46. The van der Waals surface area contributed by atoms with E-state index >= 15 is 0 Å². The lowest BCUT2D eigenvalue weighted by atomic mass is 10.0. The maximum Gasteiger partial charge on any atom is 0.243 e. The standard InChI is InChI=1S/C32H37BrFN3O4S/c1-42(40,41)37(29-15-8-7-14-28(29)34)21-9-16-31(38)36(23-25-17-19-26(33)20-18-25)30(22-24-10-3-2-4-11-24)32(39)35-27-12-5-6-13-27/h2-4,7-8,10-11,14-15,17-20,27,30H,5-6,9,12-13,16,21-23H2,1H3,(H,35,39). The van der Waals surface area contributed by atoms with Crippen LogP contribution in [0.3, 0.4) is 0 Å². The molecule has 1 N–H and O–H groups in total. The first kappa shape index (κ1) is 31.7. The molecule has 1 aliphatic rings. The number of anilines is 1. The minimum atomic E-state index is -3.80. The van der Waals surface area contributed by atoms with E-state index in [0.717, 1.165) is 51.8 Å². The molecule has 0 radical (unpaired) electrons. The summed E-state index contributed by atoms with van der Waals surface area (Å²) in [6.45, 7) is 0.139. The summed E-state index contributed by atoms with van der Waals surface area (Å²) in [7, 11) is -3.80. The second-order valence-electron chi connectivity index (χ2n) is 10.7. The van der Waals surface area contributed by atoms with Crippen LogP contribution in [0.4, 0.5) is 10.1 Å². The smallest absolute Gasteiger partial charge is 0.243 e. The Balaban J connectivity index is 1.59. The van der Waals surface area contributed by atoms with Crippen LogP contribution in [0.15, 0.2) is 83.3 Å². The lowest BCUT2D eigenvalue weighted by Gasteiger charge is -2.33. The van der Waals surface area contributed by atoms with Gasteiger partial charge in [0, 0.05) is 36.4 Å². The molecule has 3 aromatic rings. The van der Waals surface area contributed by atoms with Crippen molar-refractivity contribution in [2.45, 2.75) is 63.6 Å². The quantitative estimate of drug-likeness (QED) is 0.251. The normalized spacial score (nSPS) is 14.4. The first-order valence-corrected chi connectivity index (χ1v) is 16.9. The Bertz CT molecular complexity index is 1450. The van der Waals surface area contributed by atoms with Crippen LogP contribution in [0.5, 0.6) is 0 Å². The Kier molecular flexibility index (Phi) is 11.2. The number of carbonyl (C=O) groups is 2. The van der Waals surface area contributed by atoms with Crippen LogP contribution in [0.2, 0.25) is 0 Å². The van der Waals surface area contributed by atoms with Gasteiger partial charge >= 0.3 is 0 Å². The molecule has 1 aliphatic carbocycles. The number of para-hydroxylation sites is 1. The average molecular weight is 659 g/mol. The molecule has 2 amide bonds. The van der Waals surface area contributed by atoms with Crippen molar-refractivity contribution in [3.63, 3.8) is 0 Å². The Labute approximate surface area is 256 Å². The second kappa shape index (κ2) is 14.8. The van der Waals surface area contributed by atoms with Gasteiger partial charge < -0.3 is 10.2 Å². The molecule has 224 valence electrons. The van der Waals surface area contributed by atoms with Gasteiger partial charge in [-0.3, -0.25) is 13.9 Å². The summed E-state index contributed by atoms with van der Waals surface area (Å²) in [6, 6.07) is 22.2. The molecule has 4 rings (SSSR count). The van der Waals surface area contributed by atoms with Crippen molar-refractivity contribution in [1.29, 1.82) is 0 Å². The third kappa shape index (κ3) is 8.88. The molecular formula is C32H37BrFN3O4S. The van der Waals surface area contributed by atoms with Gasteiger partial charge in [-0.05, 0) is 54.7 Å². The molecule has 0 bridgehead atoms. The van der Waals surface area contributed by atoms with Gasteiger partial charge in [-0.15, -0.1) is 0 Å². The maximum absolute atomic E-state index is 14.5. The third-order valence-electron chi connectivity index (χ3n) is 7.51. The van der Waals surface area contributed by atoms with Crippen LogP contribution in [0.1, 0.15) is 49.7 Å². The monoisotopic (exact) mass is 657 g/mol.